The molecule has 3 aromatic rings. The van der Waals surface area contributed by atoms with Crippen LogP contribution in [-0.4, -0.2) is 34.1 Å². The number of benzene rings is 2. The number of aliphatic hydroxyl groups is 1. The van der Waals surface area contributed by atoms with Gasteiger partial charge in [0, 0.05) is 37.9 Å². The molecular weight excluding hydrogens is 300 g/mol. The Hall–Kier alpha value is -2.59. The highest BCUT2D eigenvalue weighted by Crippen LogP contribution is 2.19. The molecule has 1 aromatic heterocycles. The molecular formula is C20H22N2O2. The number of nitrogens with zero attached hydrogens (tertiary/aromatic N) is 2. The number of carbonyl (C=O) groups is 1. The maximum atomic E-state index is 12.6. The molecule has 4 nitrogen and oxygen atoms in total. The van der Waals surface area contributed by atoms with Gasteiger partial charge < -0.3 is 14.6 Å². The second-order valence-electron chi connectivity index (χ2n) is 6.14. The first-order chi connectivity index (χ1) is 11.6. The molecule has 0 radical (unpaired) electrons. The van der Waals surface area contributed by atoms with E-state index in [1.165, 1.54) is 0 Å². The third-order valence-electron chi connectivity index (χ3n) is 4.40. The van der Waals surface area contributed by atoms with E-state index < -0.39 is 6.10 Å². The highest BCUT2D eigenvalue weighted by Gasteiger charge is 2.15. The van der Waals surface area contributed by atoms with Gasteiger partial charge in [0.2, 0.25) is 0 Å². The van der Waals surface area contributed by atoms with E-state index in [0.717, 1.165) is 16.5 Å². The summed E-state index contributed by atoms with van der Waals surface area (Å²) in [5, 5.41) is 11.4. The Labute approximate surface area is 141 Å². The van der Waals surface area contributed by atoms with Crippen molar-refractivity contribution in [3.63, 3.8) is 0 Å². The second kappa shape index (κ2) is 6.89. The zero-order valence-electron chi connectivity index (χ0n) is 14.0. The summed E-state index contributed by atoms with van der Waals surface area (Å²) in [5.41, 5.74) is 2.59. The minimum atomic E-state index is -0.559. The number of hydrogen-bond acceptors (Lipinski definition) is 2. The fourth-order valence-electron chi connectivity index (χ4n) is 2.88. The SMILES string of the molecule is CN(CC[C@@H](O)c1ccccc1)C(=O)c1ccc2ccn(C)c2c1. The second-order valence-corrected chi connectivity index (χ2v) is 6.14. The predicted molar refractivity (Wildman–Crippen MR) is 95.9 cm³/mol. The van der Waals surface area contributed by atoms with Crippen molar-refractivity contribution in [2.75, 3.05) is 13.6 Å². The zero-order chi connectivity index (χ0) is 17.1. The van der Waals surface area contributed by atoms with E-state index in [0.29, 0.717) is 18.5 Å². The molecule has 0 aliphatic rings. The maximum absolute atomic E-state index is 12.6. The Kier molecular flexibility index (Phi) is 4.67. The Balaban J connectivity index is 1.66. The zero-order valence-corrected chi connectivity index (χ0v) is 14.0. The van der Waals surface area contributed by atoms with Gasteiger partial charge in [0.1, 0.15) is 0 Å². The van der Waals surface area contributed by atoms with Gasteiger partial charge in [-0.2, -0.15) is 0 Å². The average Bonchev–Trinajstić information content (AvgIpc) is 3.00. The van der Waals surface area contributed by atoms with Crippen LogP contribution < -0.4 is 0 Å². The summed E-state index contributed by atoms with van der Waals surface area (Å²) in [7, 11) is 3.74. The van der Waals surface area contributed by atoms with Crippen molar-refractivity contribution < 1.29 is 9.90 Å². The number of fused-ring (bicyclic) bond motifs is 1. The van der Waals surface area contributed by atoms with E-state index in [2.05, 4.69) is 0 Å². The van der Waals surface area contributed by atoms with Crippen LogP contribution in [0.25, 0.3) is 10.9 Å². The van der Waals surface area contributed by atoms with Crippen molar-refractivity contribution in [1.29, 1.82) is 0 Å². The molecule has 1 heterocycles. The molecule has 0 saturated heterocycles. The van der Waals surface area contributed by atoms with Crippen LogP contribution in [0, 0.1) is 0 Å². The Morgan fingerprint density at radius 2 is 1.92 bits per heavy atom. The largest absolute Gasteiger partial charge is 0.388 e. The van der Waals surface area contributed by atoms with Crippen LogP contribution in [0.15, 0.2) is 60.8 Å². The lowest BCUT2D eigenvalue weighted by molar-refractivity contribution is 0.0761. The molecule has 0 aliphatic heterocycles. The fraction of sp³-hybridized carbons (Fsp3) is 0.250. The van der Waals surface area contributed by atoms with Gasteiger partial charge in [-0.05, 0) is 35.6 Å². The Morgan fingerprint density at radius 1 is 1.17 bits per heavy atom. The summed E-state index contributed by atoms with van der Waals surface area (Å²) in [6, 6.07) is 17.3. The number of hydrogen-bond donors (Lipinski definition) is 1. The first-order valence-corrected chi connectivity index (χ1v) is 8.10. The van der Waals surface area contributed by atoms with E-state index >= 15 is 0 Å². The number of carbonyl (C=O) groups excluding carboxylic acids is 1. The highest BCUT2D eigenvalue weighted by atomic mass is 16.3. The van der Waals surface area contributed by atoms with Crippen LogP contribution in [0.3, 0.4) is 0 Å². The fourth-order valence-corrected chi connectivity index (χ4v) is 2.88. The van der Waals surface area contributed by atoms with E-state index in [-0.39, 0.29) is 5.91 Å². The molecule has 2 aromatic carbocycles. The number of aromatic nitrogens is 1. The maximum Gasteiger partial charge on any atom is 0.253 e. The minimum absolute atomic E-state index is 0.0293. The highest BCUT2D eigenvalue weighted by molar-refractivity contribution is 5.97. The number of rotatable bonds is 5. The van der Waals surface area contributed by atoms with Gasteiger partial charge in [0.25, 0.3) is 5.91 Å². The molecule has 4 heteroatoms. The lowest BCUT2D eigenvalue weighted by atomic mass is 10.1. The van der Waals surface area contributed by atoms with E-state index in [9.17, 15) is 9.90 Å². The van der Waals surface area contributed by atoms with Crippen LogP contribution in [0.1, 0.15) is 28.4 Å². The first kappa shape index (κ1) is 16.3. The van der Waals surface area contributed by atoms with Gasteiger partial charge in [-0.3, -0.25) is 4.79 Å². The number of aliphatic hydroxyl groups excluding tert-OH is 1. The molecule has 0 bridgehead atoms. The Morgan fingerprint density at radius 3 is 2.67 bits per heavy atom. The first-order valence-electron chi connectivity index (χ1n) is 8.10. The summed E-state index contributed by atoms with van der Waals surface area (Å²) in [5.74, 6) is -0.0293. The van der Waals surface area contributed by atoms with Crippen molar-refractivity contribution in [2.24, 2.45) is 7.05 Å². The van der Waals surface area contributed by atoms with Crippen molar-refractivity contribution in [3.8, 4) is 0 Å². The van der Waals surface area contributed by atoms with E-state index in [4.69, 9.17) is 0 Å². The van der Waals surface area contributed by atoms with Gasteiger partial charge in [0.05, 0.1) is 6.10 Å². The third-order valence-corrected chi connectivity index (χ3v) is 4.40. The summed E-state index contributed by atoms with van der Waals surface area (Å²) < 4.78 is 2.01. The van der Waals surface area contributed by atoms with Gasteiger partial charge in [0.15, 0.2) is 0 Å². The van der Waals surface area contributed by atoms with Crippen LogP contribution in [0.4, 0.5) is 0 Å². The van der Waals surface area contributed by atoms with Crippen LogP contribution in [-0.2, 0) is 7.05 Å². The lowest BCUT2D eigenvalue weighted by Gasteiger charge is -2.19. The number of aryl methyl sites for hydroxylation is 1. The molecule has 1 atom stereocenters. The lowest BCUT2D eigenvalue weighted by Crippen LogP contribution is -2.28. The molecule has 0 saturated carbocycles. The molecule has 0 spiro atoms. The third kappa shape index (κ3) is 3.34. The van der Waals surface area contributed by atoms with Gasteiger partial charge in [-0.15, -0.1) is 0 Å². The van der Waals surface area contributed by atoms with Crippen LogP contribution in [0.5, 0.6) is 0 Å². The monoisotopic (exact) mass is 322 g/mol. The molecule has 0 fully saturated rings. The molecule has 124 valence electrons. The van der Waals surface area contributed by atoms with Crippen LogP contribution >= 0.6 is 0 Å². The smallest absolute Gasteiger partial charge is 0.253 e. The van der Waals surface area contributed by atoms with Gasteiger partial charge in [-0.25, -0.2) is 0 Å². The van der Waals surface area contributed by atoms with Crippen molar-refractivity contribution in [1.82, 2.24) is 9.47 Å². The minimum Gasteiger partial charge on any atom is -0.388 e. The van der Waals surface area contributed by atoms with Gasteiger partial charge >= 0.3 is 0 Å². The van der Waals surface area contributed by atoms with Gasteiger partial charge in [-0.1, -0.05) is 36.4 Å². The number of amides is 1. The molecule has 3 rings (SSSR count). The Bertz CT molecular complexity index is 839. The standard InChI is InChI=1S/C20H22N2O2/c1-21-12-10-15-8-9-17(14-18(15)21)20(24)22(2)13-11-19(23)16-6-4-3-5-7-16/h3-10,12,14,19,23H,11,13H2,1-2H3/t19-/m1/s1. The summed E-state index contributed by atoms with van der Waals surface area (Å²) >= 11 is 0. The van der Waals surface area contributed by atoms with E-state index in [1.807, 2.05) is 72.4 Å². The summed E-state index contributed by atoms with van der Waals surface area (Å²) in [4.78, 5) is 14.3. The van der Waals surface area contributed by atoms with E-state index in [1.54, 1.807) is 11.9 Å². The molecule has 0 aliphatic carbocycles. The molecule has 0 unspecified atom stereocenters. The summed E-state index contributed by atoms with van der Waals surface area (Å²) in [6.45, 7) is 0.500. The van der Waals surface area contributed by atoms with Crippen molar-refractivity contribution >= 4 is 16.8 Å². The quantitative estimate of drug-likeness (QED) is 0.783. The van der Waals surface area contributed by atoms with Crippen LogP contribution in [0.2, 0.25) is 0 Å². The average molecular weight is 322 g/mol. The molecule has 1 N–H and O–H groups in total. The van der Waals surface area contributed by atoms with Crippen molar-refractivity contribution in [3.05, 3.63) is 71.9 Å². The molecule has 24 heavy (non-hydrogen) atoms. The predicted octanol–water partition coefficient (Wildman–Crippen LogP) is 3.37. The normalized spacial score (nSPS) is 12.3. The molecule has 1 amide bonds. The van der Waals surface area contributed by atoms with Crippen molar-refractivity contribution in [2.45, 2.75) is 12.5 Å². The topological polar surface area (TPSA) is 45.5 Å². The summed E-state index contributed by atoms with van der Waals surface area (Å²) in [6.07, 6.45) is 1.94.